The maximum Gasteiger partial charge on any atom is 0.309 e. The lowest BCUT2D eigenvalue weighted by atomic mass is 10.1. The van der Waals surface area contributed by atoms with E-state index in [-0.39, 0.29) is 5.97 Å². The minimum absolute atomic E-state index is 0.186. The second-order valence-electron chi connectivity index (χ2n) is 3.03. The third-order valence-electron chi connectivity index (χ3n) is 2.00. The summed E-state index contributed by atoms with van der Waals surface area (Å²) in [6.45, 7) is 2.49. The molecule has 0 aromatic heterocycles. The van der Waals surface area contributed by atoms with Crippen molar-refractivity contribution in [3.8, 4) is 0 Å². The van der Waals surface area contributed by atoms with Gasteiger partial charge in [0.05, 0.1) is 6.16 Å². The number of esters is 1. The summed E-state index contributed by atoms with van der Waals surface area (Å²) in [5.74, 6) is -0.186. The first-order valence-corrected chi connectivity index (χ1v) is 5.51. The topological polar surface area (TPSA) is 26.3 Å². The van der Waals surface area contributed by atoms with E-state index in [0.29, 0.717) is 12.8 Å². The van der Waals surface area contributed by atoms with Gasteiger partial charge in [-0.2, -0.15) is 0 Å². The molecular weight excluding hydrogens is 195 g/mol. The minimum atomic E-state index is -0.186. The van der Waals surface area contributed by atoms with Crippen molar-refractivity contribution < 1.29 is 9.53 Å². The molecule has 0 aliphatic rings. The van der Waals surface area contributed by atoms with Crippen LogP contribution in [0.5, 0.6) is 0 Å². The summed E-state index contributed by atoms with van der Waals surface area (Å²) in [5, 5.41) is 0. The summed E-state index contributed by atoms with van der Waals surface area (Å²) in [6, 6.07) is 8.11. The standard InChI is InChI=1S/C11H15O2P/c1-2-9-3-5-10(6-4-9)7-13-11(12)8-14/h3-6H,2,7-8,14H2,1H3. The van der Waals surface area contributed by atoms with E-state index in [9.17, 15) is 4.79 Å². The summed E-state index contributed by atoms with van der Waals surface area (Å²) in [5.41, 5.74) is 2.33. The first-order valence-electron chi connectivity index (χ1n) is 4.69. The molecule has 0 aliphatic heterocycles. The fourth-order valence-corrected chi connectivity index (χ4v) is 1.21. The molecule has 0 amide bonds. The molecule has 14 heavy (non-hydrogen) atoms. The second kappa shape index (κ2) is 5.77. The van der Waals surface area contributed by atoms with Crippen LogP contribution in [0.1, 0.15) is 18.1 Å². The van der Waals surface area contributed by atoms with Crippen molar-refractivity contribution in [2.75, 3.05) is 6.16 Å². The highest BCUT2D eigenvalue weighted by atomic mass is 31.0. The van der Waals surface area contributed by atoms with Gasteiger partial charge in [0.1, 0.15) is 6.61 Å². The van der Waals surface area contributed by atoms with Crippen LogP contribution in [0.3, 0.4) is 0 Å². The molecule has 1 aromatic carbocycles. The van der Waals surface area contributed by atoms with Crippen LogP contribution in [-0.4, -0.2) is 12.1 Å². The molecule has 0 radical (unpaired) electrons. The zero-order valence-corrected chi connectivity index (χ0v) is 9.48. The Morgan fingerprint density at radius 1 is 1.29 bits per heavy atom. The number of carbonyl (C=O) groups is 1. The predicted molar refractivity (Wildman–Crippen MR) is 60.2 cm³/mol. The van der Waals surface area contributed by atoms with Crippen LogP contribution in [-0.2, 0) is 22.6 Å². The normalized spacial score (nSPS) is 9.86. The van der Waals surface area contributed by atoms with E-state index in [1.165, 1.54) is 5.56 Å². The average molecular weight is 210 g/mol. The maximum atomic E-state index is 10.9. The monoisotopic (exact) mass is 210 g/mol. The predicted octanol–water partition coefficient (Wildman–Crippen LogP) is 2.17. The summed E-state index contributed by atoms with van der Waals surface area (Å²) in [4.78, 5) is 10.9. The lowest BCUT2D eigenvalue weighted by molar-refractivity contribution is -0.141. The molecule has 1 atom stereocenters. The minimum Gasteiger partial charge on any atom is -0.461 e. The molecule has 3 heteroatoms. The molecule has 1 rings (SSSR count). The number of ether oxygens (including phenoxy) is 1. The Hall–Kier alpha value is -0.880. The van der Waals surface area contributed by atoms with Crippen LogP contribution in [0.2, 0.25) is 0 Å². The first kappa shape index (κ1) is 11.2. The van der Waals surface area contributed by atoms with Gasteiger partial charge < -0.3 is 4.74 Å². The molecular formula is C11H15O2P. The summed E-state index contributed by atoms with van der Waals surface area (Å²) >= 11 is 0. The number of hydrogen-bond acceptors (Lipinski definition) is 2. The van der Waals surface area contributed by atoms with Gasteiger partial charge in [0, 0.05) is 0 Å². The molecule has 2 nitrogen and oxygen atoms in total. The molecule has 0 fully saturated rings. The Morgan fingerprint density at radius 3 is 2.36 bits per heavy atom. The van der Waals surface area contributed by atoms with Gasteiger partial charge >= 0.3 is 5.97 Å². The van der Waals surface area contributed by atoms with Crippen molar-refractivity contribution >= 4 is 15.2 Å². The van der Waals surface area contributed by atoms with Crippen molar-refractivity contribution in [1.82, 2.24) is 0 Å². The van der Waals surface area contributed by atoms with Crippen LogP contribution < -0.4 is 0 Å². The van der Waals surface area contributed by atoms with E-state index in [2.05, 4.69) is 28.3 Å². The van der Waals surface area contributed by atoms with Gasteiger partial charge in [-0.15, -0.1) is 9.24 Å². The lowest BCUT2D eigenvalue weighted by Gasteiger charge is -2.03. The van der Waals surface area contributed by atoms with Gasteiger partial charge in [-0.25, -0.2) is 0 Å². The molecule has 0 saturated heterocycles. The highest BCUT2D eigenvalue weighted by molar-refractivity contribution is 7.18. The molecule has 0 aliphatic carbocycles. The van der Waals surface area contributed by atoms with Gasteiger partial charge in [-0.1, -0.05) is 31.2 Å². The molecule has 0 N–H and O–H groups in total. The second-order valence-corrected chi connectivity index (χ2v) is 3.44. The lowest BCUT2D eigenvalue weighted by Crippen LogP contribution is -2.04. The highest BCUT2D eigenvalue weighted by Crippen LogP contribution is 2.06. The summed E-state index contributed by atoms with van der Waals surface area (Å²) < 4.78 is 4.99. The Kier molecular flexibility index (Phi) is 4.61. The fourth-order valence-electron chi connectivity index (χ4n) is 1.09. The van der Waals surface area contributed by atoms with Crippen LogP contribution in [0.25, 0.3) is 0 Å². The smallest absolute Gasteiger partial charge is 0.309 e. The zero-order chi connectivity index (χ0) is 10.4. The molecule has 0 spiro atoms. The number of aryl methyl sites for hydroxylation is 1. The third kappa shape index (κ3) is 3.47. The van der Waals surface area contributed by atoms with Crippen molar-refractivity contribution in [2.45, 2.75) is 20.0 Å². The zero-order valence-electron chi connectivity index (χ0n) is 8.32. The number of rotatable bonds is 4. The quantitative estimate of drug-likeness (QED) is 0.562. The van der Waals surface area contributed by atoms with Gasteiger partial charge in [-0.05, 0) is 17.5 Å². The molecule has 0 saturated carbocycles. The van der Waals surface area contributed by atoms with Crippen molar-refractivity contribution in [2.24, 2.45) is 0 Å². The summed E-state index contributed by atoms with van der Waals surface area (Å²) in [6.07, 6.45) is 1.39. The Bertz CT molecular complexity index is 293. The van der Waals surface area contributed by atoms with E-state index in [4.69, 9.17) is 4.74 Å². The van der Waals surface area contributed by atoms with Crippen LogP contribution in [0.15, 0.2) is 24.3 Å². The van der Waals surface area contributed by atoms with Crippen LogP contribution in [0.4, 0.5) is 0 Å². The largest absolute Gasteiger partial charge is 0.461 e. The molecule has 76 valence electrons. The molecule has 0 bridgehead atoms. The molecule has 1 unspecified atom stereocenters. The SMILES string of the molecule is CCc1ccc(COC(=O)CP)cc1. The third-order valence-corrected chi connectivity index (χ3v) is 2.33. The van der Waals surface area contributed by atoms with Gasteiger partial charge in [0.15, 0.2) is 0 Å². The van der Waals surface area contributed by atoms with Crippen molar-refractivity contribution in [3.05, 3.63) is 35.4 Å². The maximum absolute atomic E-state index is 10.9. The van der Waals surface area contributed by atoms with E-state index in [1.54, 1.807) is 0 Å². The van der Waals surface area contributed by atoms with E-state index in [1.807, 2.05) is 12.1 Å². The van der Waals surface area contributed by atoms with E-state index < -0.39 is 0 Å². The number of carbonyl (C=O) groups excluding carboxylic acids is 1. The number of benzene rings is 1. The van der Waals surface area contributed by atoms with E-state index >= 15 is 0 Å². The Labute approximate surface area is 86.9 Å². The molecule has 1 aromatic rings. The fraction of sp³-hybridized carbons (Fsp3) is 0.364. The summed E-state index contributed by atoms with van der Waals surface area (Å²) in [7, 11) is 2.35. The highest BCUT2D eigenvalue weighted by Gasteiger charge is 1.99. The number of hydrogen-bond donors (Lipinski definition) is 0. The van der Waals surface area contributed by atoms with E-state index in [0.717, 1.165) is 12.0 Å². The molecule has 0 heterocycles. The van der Waals surface area contributed by atoms with Gasteiger partial charge in [0.25, 0.3) is 0 Å². The Balaban J connectivity index is 2.47. The van der Waals surface area contributed by atoms with Crippen molar-refractivity contribution in [1.29, 1.82) is 0 Å². The Morgan fingerprint density at radius 2 is 1.86 bits per heavy atom. The van der Waals surface area contributed by atoms with Crippen LogP contribution >= 0.6 is 9.24 Å². The van der Waals surface area contributed by atoms with Crippen LogP contribution in [0, 0.1) is 0 Å². The first-order chi connectivity index (χ1) is 6.76. The van der Waals surface area contributed by atoms with Gasteiger partial charge in [0.2, 0.25) is 0 Å². The van der Waals surface area contributed by atoms with Crippen molar-refractivity contribution in [3.63, 3.8) is 0 Å². The van der Waals surface area contributed by atoms with Gasteiger partial charge in [-0.3, -0.25) is 4.79 Å². The average Bonchev–Trinajstić information content (AvgIpc) is 2.26.